The minimum atomic E-state index is -0.684. The van der Waals surface area contributed by atoms with Crippen LogP contribution in [0.1, 0.15) is 49.9 Å². The number of halogens is 3. The van der Waals surface area contributed by atoms with E-state index in [1.165, 1.54) is 24.3 Å². The molecule has 11 heteroatoms. The van der Waals surface area contributed by atoms with Crippen molar-refractivity contribution in [3.05, 3.63) is 86.2 Å². The highest BCUT2D eigenvalue weighted by Crippen LogP contribution is 2.42. The summed E-state index contributed by atoms with van der Waals surface area (Å²) in [5.41, 5.74) is 3.24. The van der Waals surface area contributed by atoms with Gasteiger partial charge in [-0.3, -0.25) is 19.1 Å². The van der Waals surface area contributed by atoms with Crippen molar-refractivity contribution in [1.82, 2.24) is 19.4 Å². The van der Waals surface area contributed by atoms with Gasteiger partial charge >= 0.3 is 0 Å². The molecular formula is C33H32Cl2FN5O3. The van der Waals surface area contributed by atoms with Crippen LogP contribution in [-0.4, -0.2) is 55.6 Å². The number of amides is 1. The summed E-state index contributed by atoms with van der Waals surface area (Å²) in [6.45, 7) is 12.4. The molecule has 3 aromatic heterocycles. The van der Waals surface area contributed by atoms with Gasteiger partial charge in [0.1, 0.15) is 22.9 Å². The molecule has 5 heterocycles. The molecule has 6 rings (SSSR count). The number of anilines is 1. The maximum atomic E-state index is 16.2. The van der Waals surface area contributed by atoms with Crippen molar-refractivity contribution in [3.8, 4) is 22.7 Å². The predicted octanol–water partition coefficient (Wildman–Crippen LogP) is 6.57. The third-order valence-electron chi connectivity index (χ3n) is 8.68. The Morgan fingerprint density at radius 2 is 1.95 bits per heavy atom. The number of nitrogens with zero attached hydrogens (tertiary/aromatic N) is 5. The molecule has 0 bridgehead atoms. The van der Waals surface area contributed by atoms with E-state index in [2.05, 4.69) is 16.5 Å². The topological polar surface area (TPSA) is 91.6 Å². The van der Waals surface area contributed by atoms with Gasteiger partial charge in [-0.05, 0) is 62.4 Å². The highest BCUT2D eigenvalue weighted by molar-refractivity contribution is 6.43. The molecule has 2 atom stereocenters. The van der Waals surface area contributed by atoms with Crippen LogP contribution in [0.3, 0.4) is 0 Å². The lowest BCUT2D eigenvalue weighted by Crippen LogP contribution is -2.60. The van der Waals surface area contributed by atoms with Crippen molar-refractivity contribution < 1.29 is 14.3 Å². The Labute approximate surface area is 264 Å². The molecule has 1 N–H and O–H groups in total. The number of hydrogen-bond acceptors (Lipinski definition) is 6. The number of carbonyl (C=O) groups is 1. The van der Waals surface area contributed by atoms with Crippen molar-refractivity contribution in [3.63, 3.8) is 0 Å². The molecule has 0 radical (unpaired) electrons. The summed E-state index contributed by atoms with van der Waals surface area (Å²) < 4.78 is 17.8. The fourth-order valence-corrected chi connectivity index (χ4v) is 7.01. The number of aryl methyl sites for hydroxylation is 1. The second kappa shape index (κ2) is 11.2. The van der Waals surface area contributed by atoms with E-state index in [4.69, 9.17) is 28.2 Å². The zero-order valence-corrected chi connectivity index (χ0v) is 26.4. The molecule has 2 unspecified atom stereocenters. The molecular weight excluding hydrogens is 604 g/mol. The minimum absolute atomic E-state index is 0.0252. The lowest BCUT2D eigenvalue weighted by Gasteiger charge is -2.49. The molecule has 0 saturated carbocycles. The van der Waals surface area contributed by atoms with Crippen LogP contribution < -0.4 is 10.5 Å². The summed E-state index contributed by atoms with van der Waals surface area (Å²) in [5.74, 6) is -1.05. The van der Waals surface area contributed by atoms with Crippen LogP contribution in [0.25, 0.3) is 28.0 Å². The molecule has 0 spiro atoms. The smallest absolute Gasteiger partial charge is 0.262 e. The highest BCUT2D eigenvalue weighted by atomic mass is 35.5. The monoisotopic (exact) mass is 635 g/mol. The fraction of sp³-hybridized carbons (Fsp3) is 0.333. The lowest BCUT2D eigenvalue weighted by molar-refractivity contribution is -0.129. The number of phenolic OH excluding ortho intramolecular Hbond substituents is 1. The molecule has 1 aromatic carbocycles. The van der Waals surface area contributed by atoms with Crippen LogP contribution >= 0.6 is 23.2 Å². The Balaban J connectivity index is 1.70. The van der Waals surface area contributed by atoms with Gasteiger partial charge in [0.15, 0.2) is 0 Å². The van der Waals surface area contributed by atoms with Crippen molar-refractivity contribution >= 4 is 45.8 Å². The third kappa shape index (κ3) is 4.73. The average molecular weight is 637 g/mol. The Bertz CT molecular complexity index is 1920. The average Bonchev–Trinajstić information content (AvgIpc) is 2.98. The molecule has 8 nitrogen and oxygen atoms in total. The summed E-state index contributed by atoms with van der Waals surface area (Å²) in [6.07, 6.45) is 4.13. The van der Waals surface area contributed by atoms with Crippen molar-refractivity contribution in [2.45, 2.75) is 58.5 Å². The van der Waals surface area contributed by atoms with Crippen LogP contribution in [0, 0.1) is 12.7 Å². The van der Waals surface area contributed by atoms with E-state index in [-0.39, 0.29) is 62.2 Å². The van der Waals surface area contributed by atoms with Crippen LogP contribution in [0.5, 0.6) is 5.75 Å². The van der Waals surface area contributed by atoms with Gasteiger partial charge in [-0.25, -0.2) is 9.37 Å². The van der Waals surface area contributed by atoms with Gasteiger partial charge in [0.05, 0.1) is 27.1 Å². The van der Waals surface area contributed by atoms with E-state index in [0.717, 1.165) is 5.56 Å². The number of benzene rings is 1. The number of phenols is 1. The van der Waals surface area contributed by atoms with Gasteiger partial charge in [-0.2, -0.15) is 0 Å². The fourth-order valence-electron chi connectivity index (χ4n) is 6.59. The molecule has 44 heavy (non-hydrogen) atoms. The third-order valence-corrected chi connectivity index (χ3v) is 9.48. The van der Waals surface area contributed by atoms with E-state index < -0.39 is 5.82 Å². The van der Waals surface area contributed by atoms with Crippen molar-refractivity contribution in [1.29, 1.82) is 0 Å². The predicted molar refractivity (Wildman–Crippen MR) is 172 cm³/mol. The first kappa shape index (κ1) is 30.1. The number of hydrogen-bond donors (Lipinski definition) is 1. The molecule has 0 aliphatic carbocycles. The first-order chi connectivity index (χ1) is 20.9. The van der Waals surface area contributed by atoms with E-state index in [9.17, 15) is 14.7 Å². The van der Waals surface area contributed by atoms with Gasteiger partial charge in [0, 0.05) is 53.9 Å². The standard InChI is InChI=1S/C33H32Cl2FN5O3/c1-6-26(43)39-15-19-7-8-21-31(40(19)14-18(39)5)23-13-25(36)29(22-11-20(42)12-24(34)27(22)35)38-32(23)41(33(21)44)30-17(4)9-10-37-28(30)16(2)3/h6,9-13,16,18-19,42H,1,7-8,14-15H2,2-5H3. The second-order valence-electron chi connectivity index (χ2n) is 11.9. The van der Waals surface area contributed by atoms with Gasteiger partial charge in [-0.1, -0.05) is 43.6 Å². The zero-order chi connectivity index (χ0) is 31.6. The van der Waals surface area contributed by atoms with Gasteiger partial charge in [0.25, 0.3) is 5.56 Å². The number of pyridine rings is 3. The number of aromatic nitrogens is 3. The minimum Gasteiger partial charge on any atom is -0.508 e. The molecule has 4 aromatic rings. The quantitative estimate of drug-likeness (QED) is 0.255. The van der Waals surface area contributed by atoms with E-state index >= 15 is 4.39 Å². The maximum Gasteiger partial charge on any atom is 0.262 e. The number of piperazine rings is 1. The number of aromatic hydroxyl groups is 1. The summed E-state index contributed by atoms with van der Waals surface area (Å²) in [7, 11) is 0. The van der Waals surface area contributed by atoms with E-state index in [1.807, 2.05) is 33.8 Å². The number of rotatable bonds is 4. The molecule has 1 fully saturated rings. The first-order valence-corrected chi connectivity index (χ1v) is 15.3. The maximum absolute atomic E-state index is 16.2. The summed E-state index contributed by atoms with van der Waals surface area (Å²) in [4.78, 5) is 40.6. The van der Waals surface area contributed by atoms with Crippen LogP contribution in [0.2, 0.25) is 10.0 Å². The van der Waals surface area contributed by atoms with Crippen molar-refractivity contribution in [2.75, 3.05) is 18.0 Å². The first-order valence-electron chi connectivity index (χ1n) is 14.5. The summed E-state index contributed by atoms with van der Waals surface area (Å²) in [6, 6.07) is 5.55. The Kier molecular flexibility index (Phi) is 7.66. The van der Waals surface area contributed by atoms with Crippen LogP contribution in [0.4, 0.5) is 10.1 Å². The van der Waals surface area contributed by atoms with Crippen LogP contribution in [0.15, 0.2) is 47.9 Å². The normalized spacial score (nSPS) is 18.0. The summed E-state index contributed by atoms with van der Waals surface area (Å²) in [5, 5.41) is 10.8. The van der Waals surface area contributed by atoms with Gasteiger partial charge in [0.2, 0.25) is 5.91 Å². The Hall–Kier alpha value is -3.95. The molecule has 2 aliphatic rings. The molecule has 1 saturated heterocycles. The number of carbonyl (C=O) groups excluding carboxylic acids is 1. The number of fused-ring (bicyclic) bond motifs is 5. The van der Waals surface area contributed by atoms with Crippen molar-refractivity contribution in [2.24, 2.45) is 0 Å². The van der Waals surface area contributed by atoms with E-state index in [0.29, 0.717) is 53.9 Å². The zero-order valence-electron chi connectivity index (χ0n) is 24.9. The highest BCUT2D eigenvalue weighted by Gasteiger charge is 2.39. The largest absolute Gasteiger partial charge is 0.508 e. The summed E-state index contributed by atoms with van der Waals surface area (Å²) >= 11 is 12.8. The SMILES string of the molecule is C=CC(=O)N1CC2CCc3c(c4cc(F)c(-c5cc(O)cc(Cl)c5Cl)nc4n(-c4c(C)ccnc4C(C)C)c3=O)N2CC1C. The molecule has 1 amide bonds. The Morgan fingerprint density at radius 1 is 1.20 bits per heavy atom. The second-order valence-corrected chi connectivity index (χ2v) is 12.6. The molecule has 228 valence electrons. The van der Waals surface area contributed by atoms with E-state index in [1.54, 1.807) is 15.7 Å². The van der Waals surface area contributed by atoms with Gasteiger partial charge in [-0.15, -0.1) is 0 Å². The van der Waals surface area contributed by atoms with Crippen LogP contribution in [-0.2, 0) is 11.2 Å². The van der Waals surface area contributed by atoms with Gasteiger partial charge < -0.3 is 14.9 Å². The lowest BCUT2D eigenvalue weighted by atomic mass is 9.91. The Morgan fingerprint density at radius 3 is 2.66 bits per heavy atom. The molecule has 2 aliphatic heterocycles.